The van der Waals surface area contributed by atoms with E-state index in [4.69, 9.17) is 21.4 Å². The second-order valence-electron chi connectivity index (χ2n) is 5.04. The number of aliphatic carboxylic acids is 1. The van der Waals surface area contributed by atoms with Gasteiger partial charge in [-0.2, -0.15) is 8.42 Å². The van der Waals surface area contributed by atoms with E-state index < -0.39 is 16.1 Å². The van der Waals surface area contributed by atoms with Crippen molar-refractivity contribution >= 4 is 33.4 Å². The van der Waals surface area contributed by atoms with Gasteiger partial charge in [-0.05, 0) is 26.3 Å². The lowest BCUT2D eigenvalue weighted by molar-refractivity contribution is -0.135. The fraction of sp³-hybridized carbons (Fsp3) is 0.533. The van der Waals surface area contributed by atoms with E-state index in [0.29, 0.717) is 31.1 Å². The first kappa shape index (κ1) is 21.5. The predicted molar refractivity (Wildman–Crippen MR) is 95.0 cm³/mol. The average molecular weight is 395 g/mol. The molecule has 8 nitrogen and oxygen atoms in total. The van der Waals surface area contributed by atoms with Crippen molar-refractivity contribution < 1.29 is 27.2 Å². The SMILES string of the molecule is CCOc1cc(NCCCCNCC(=O)O)c(Cl)c(S(=O)(=O)OC)c1. The molecular formula is C15H23ClN2O6S. The highest BCUT2D eigenvalue weighted by Crippen LogP contribution is 2.35. The summed E-state index contributed by atoms with van der Waals surface area (Å²) >= 11 is 6.19. The van der Waals surface area contributed by atoms with Crippen LogP contribution < -0.4 is 15.4 Å². The zero-order valence-corrected chi connectivity index (χ0v) is 15.7. The molecule has 3 N–H and O–H groups in total. The quantitative estimate of drug-likeness (QED) is 0.364. The Kier molecular flexibility index (Phi) is 8.98. The van der Waals surface area contributed by atoms with Crippen LogP contribution >= 0.6 is 11.6 Å². The second-order valence-corrected chi connectivity index (χ2v) is 7.10. The number of halogens is 1. The van der Waals surface area contributed by atoms with E-state index in [1.54, 1.807) is 13.0 Å². The number of hydrogen-bond donors (Lipinski definition) is 3. The summed E-state index contributed by atoms with van der Waals surface area (Å²) in [5.74, 6) is -0.530. The fourth-order valence-corrected chi connectivity index (χ4v) is 3.25. The molecule has 0 radical (unpaired) electrons. The van der Waals surface area contributed by atoms with Crippen molar-refractivity contribution in [2.45, 2.75) is 24.7 Å². The van der Waals surface area contributed by atoms with E-state index in [1.165, 1.54) is 6.07 Å². The van der Waals surface area contributed by atoms with Crippen molar-refractivity contribution in [3.05, 3.63) is 17.2 Å². The van der Waals surface area contributed by atoms with E-state index in [-0.39, 0.29) is 16.5 Å². The van der Waals surface area contributed by atoms with Gasteiger partial charge in [0, 0.05) is 18.7 Å². The van der Waals surface area contributed by atoms with Gasteiger partial charge in [-0.3, -0.25) is 8.98 Å². The van der Waals surface area contributed by atoms with Crippen LogP contribution in [0, 0.1) is 0 Å². The number of hydrogen-bond acceptors (Lipinski definition) is 7. The Bertz CT molecular complexity index is 681. The lowest BCUT2D eigenvalue weighted by atomic mass is 10.2. The summed E-state index contributed by atoms with van der Waals surface area (Å²) in [7, 11) is -2.89. The summed E-state index contributed by atoms with van der Waals surface area (Å²) in [5, 5.41) is 14.4. The minimum Gasteiger partial charge on any atom is -0.494 e. The molecular weight excluding hydrogens is 372 g/mol. The molecule has 25 heavy (non-hydrogen) atoms. The Hall–Kier alpha value is -1.55. The molecule has 0 saturated heterocycles. The Balaban J connectivity index is 2.73. The molecule has 0 spiro atoms. The van der Waals surface area contributed by atoms with Crippen molar-refractivity contribution in [3.8, 4) is 5.75 Å². The standard InChI is InChI=1S/C15H23ClN2O6S/c1-3-24-11-8-12(15(16)13(9-11)25(21,22)23-2)18-7-5-4-6-17-10-14(19)20/h8-9,17-18H,3-7,10H2,1-2H3,(H,19,20). The van der Waals surface area contributed by atoms with E-state index >= 15 is 0 Å². The van der Waals surface area contributed by atoms with Crippen LogP contribution in [0.25, 0.3) is 0 Å². The average Bonchev–Trinajstić information content (AvgIpc) is 2.56. The van der Waals surface area contributed by atoms with Gasteiger partial charge in [-0.1, -0.05) is 11.6 Å². The lowest BCUT2D eigenvalue weighted by Crippen LogP contribution is -2.23. The number of anilines is 1. The number of nitrogens with one attached hydrogen (secondary N) is 2. The minimum atomic E-state index is -3.96. The summed E-state index contributed by atoms with van der Waals surface area (Å²) in [5.41, 5.74) is 0.432. The van der Waals surface area contributed by atoms with E-state index in [9.17, 15) is 13.2 Å². The third-order valence-corrected chi connectivity index (χ3v) is 5.00. The molecule has 1 aromatic carbocycles. The van der Waals surface area contributed by atoms with E-state index in [1.807, 2.05) is 0 Å². The van der Waals surface area contributed by atoms with Crippen molar-refractivity contribution in [3.63, 3.8) is 0 Å². The molecule has 0 aromatic heterocycles. The zero-order valence-electron chi connectivity index (χ0n) is 14.2. The van der Waals surface area contributed by atoms with Crippen molar-refractivity contribution in [1.29, 1.82) is 0 Å². The molecule has 1 rings (SSSR count). The largest absolute Gasteiger partial charge is 0.494 e. The van der Waals surface area contributed by atoms with E-state index in [0.717, 1.165) is 20.0 Å². The number of unbranched alkanes of at least 4 members (excludes halogenated alkanes) is 1. The fourth-order valence-electron chi connectivity index (χ4n) is 2.02. The van der Waals surface area contributed by atoms with Crippen molar-refractivity contribution in [2.75, 3.05) is 38.7 Å². The Morgan fingerprint density at radius 1 is 1.28 bits per heavy atom. The number of rotatable bonds is 12. The molecule has 0 unspecified atom stereocenters. The Labute approximate surface area is 152 Å². The summed E-state index contributed by atoms with van der Waals surface area (Å²) in [4.78, 5) is 10.2. The molecule has 142 valence electrons. The van der Waals surface area contributed by atoms with Crippen LogP contribution in [0.2, 0.25) is 5.02 Å². The van der Waals surface area contributed by atoms with Gasteiger partial charge in [0.2, 0.25) is 0 Å². The van der Waals surface area contributed by atoms with Crippen molar-refractivity contribution in [1.82, 2.24) is 5.32 Å². The third-order valence-electron chi connectivity index (χ3n) is 3.18. The summed E-state index contributed by atoms with van der Waals surface area (Å²) in [6, 6.07) is 2.95. The first-order valence-electron chi connectivity index (χ1n) is 7.75. The molecule has 0 aliphatic heterocycles. The van der Waals surface area contributed by atoms with E-state index in [2.05, 4.69) is 14.8 Å². The van der Waals surface area contributed by atoms with Crippen LogP contribution in [0.1, 0.15) is 19.8 Å². The summed E-state index contributed by atoms with van der Waals surface area (Å²) in [6.45, 7) is 3.20. The minimum absolute atomic E-state index is 0.0364. The molecule has 0 amide bonds. The molecule has 0 fully saturated rings. The molecule has 0 atom stereocenters. The molecule has 0 aliphatic carbocycles. The summed E-state index contributed by atoms with van der Waals surface area (Å²) in [6.07, 6.45) is 1.50. The number of ether oxygens (including phenoxy) is 1. The normalized spacial score (nSPS) is 11.3. The maximum Gasteiger partial charge on any atom is 0.317 e. The van der Waals surface area contributed by atoms with Gasteiger partial charge in [0.1, 0.15) is 10.6 Å². The van der Waals surface area contributed by atoms with Gasteiger partial charge in [0.15, 0.2) is 0 Å². The highest BCUT2D eigenvalue weighted by molar-refractivity contribution is 7.86. The predicted octanol–water partition coefficient (Wildman–Crippen LogP) is 1.94. The van der Waals surface area contributed by atoms with Gasteiger partial charge in [-0.25, -0.2) is 0 Å². The topological polar surface area (TPSA) is 114 Å². The zero-order chi connectivity index (χ0) is 18.9. The molecule has 0 heterocycles. The highest BCUT2D eigenvalue weighted by atomic mass is 35.5. The molecule has 0 aliphatic rings. The number of carboxylic acid groups (broad SMARTS) is 1. The smallest absolute Gasteiger partial charge is 0.317 e. The number of benzene rings is 1. The van der Waals surface area contributed by atoms with Gasteiger partial charge in [-0.15, -0.1) is 0 Å². The Morgan fingerprint density at radius 3 is 2.56 bits per heavy atom. The van der Waals surface area contributed by atoms with Crippen LogP contribution in [-0.4, -0.2) is 52.8 Å². The first-order valence-corrected chi connectivity index (χ1v) is 9.53. The maximum atomic E-state index is 12.0. The van der Waals surface area contributed by atoms with Gasteiger partial charge in [0.25, 0.3) is 10.1 Å². The molecule has 0 bridgehead atoms. The van der Waals surface area contributed by atoms with Gasteiger partial charge >= 0.3 is 5.97 Å². The highest BCUT2D eigenvalue weighted by Gasteiger charge is 2.21. The van der Waals surface area contributed by atoms with Gasteiger partial charge in [0.05, 0.1) is 31.0 Å². The molecule has 1 aromatic rings. The lowest BCUT2D eigenvalue weighted by Gasteiger charge is -2.14. The van der Waals surface area contributed by atoms with Crippen LogP contribution in [0.15, 0.2) is 17.0 Å². The molecule has 10 heteroatoms. The number of carbonyl (C=O) groups is 1. The third kappa shape index (κ3) is 7.07. The summed E-state index contributed by atoms with van der Waals surface area (Å²) < 4.78 is 33.9. The monoisotopic (exact) mass is 394 g/mol. The number of carboxylic acids is 1. The van der Waals surface area contributed by atoms with Crippen LogP contribution in [0.4, 0.5) is 5.69 Å². The second kappa shape index (κ2) is 10.4. The van der Waals surface area contributed by atoms with Crippen LogP contribution in [0.3, 0.4) is 0 Å². The van der Waals surface area contributed by atoms with Crippen LogP contribution in [-0.2, 0) is 19.1 Å². The Morgan fingerprint density at radius 2 is 1.96 bits per heavy atom. The van der Waals surface area contributed by atoms with Crippen LogP contribution in [0.5, 0.6) is 5.75 Å². The van der Waals surface area contributed by atoms with Crippen molar-refractivity contribution in [2.24, 2.45) is 0 Å². The van der Waals surface area contributed by atoms with Gasteiger partial charge < -0.3 is 20.5 Å². The maximum absolute atomic E-state index is 12.0. The molecule has 0 saturated carbocycles. The first-order chi connectivity index (χ1) is 11.8.